The van der Waals surface area contributed by atoms with Crippen LogP contribution in [0.1, 0.15) is 80.1 Å². The first-order chi connectivity index (χ1) is 19.6. The van der Waals surface area contributed by atoms with E-state index >= 15 is 0 Å². The van der Waals surface area contributed by atoms with Crippen LogP contribution in [-0.4, -0.2) is 44.0 Å². The molecule has 0 aliphatic rings. The van der Waals surface area contributed by atoms with E-state index in [0.717, 1.165) is 0 Å². The number of rotatable bonds is 18. The standard InChI is InChI=1S/C36H54As3N/c1-7-25-37(26-8-2)31-19-13-16-22-34(31)40(35-23-17-14-20-32(35)38(27-9-3)28-10-4)36-24-18-15-21-33(36)39(29-11-5)30-12-6/h13-24H,7-12,25-30H2,1-6H3. The number of nitrogens with zero attached hydrogens (tertiary/aromatic N) is 1. The van der Waals surface area contributed by atoms with Crippen LogP contribution in [0, 0.1) is 0 Å². The topological polar surface area (TPSA) is 3.24 Å². The summed E-state index contributed by atoms with van der Waals surface area (Å²) in [7, 11) is 0. The fourth-order valence-electron chi connectivity index (χ4n) is 5.83. The molecule has 0 radical (unpaired) electrons. The van der Waals surface area contributed by atoms with Crippen LogP contribution in [0.25, 0.3) is 0 Å². The molecule has 0 saturated carbocycles. The van der Waals surface area contributed by atoms with Crippen LogP contribution in [0.2, 0.25) is 31.3 Å². The van der Waals surface area contributed by atoms with Crippen LogP contribution in [0.3, 0.4) is 0 Å². The molecule has 40 heavy (non-hydrogen) atoms. The molecule has 0 heterocycles. The first-order valence-corrected chi connectivity index (χ1v) is 26.7. The molecule has 0 unspecified atom stereocenters. The van der Waals surface area contributed by atoms with Crippen LogP contribution in [-0.2, 0) is 0 Å². The number of anilines is 3. The molecule has 3 aromatic carbocycles. The molecule has 3 aromatic rings. The molecular weight excluding hydrogens is 671 g/mol. The zero-order chi connectivity index (χ0) is 28.7. The Morgan fingerprint density at radius 3 is 0.825 bits per heavy atom. The molecule has 0 bridgehead atoms. The van der Waals surface area contributed by atoms with Crippen molar-refractivity contribution in [2.75, 3.05) is 4.90 Å². The fraction of sp³-hybridized carbons (Fsp3) is 0.500. The van der Waals surface area contributed by atoms with E-state index in [1.807, 2.05) is 0 Å². The summed E-state index contributed by atoms with van der Waals surface area (Å²) >= 11 is -3.51. The van der Waals surface area contributed by atoms with E-state index in [9.17, 15) is 0 Å². The van der Waals surface area contributed by atoms with Crippen LogP contribution in [0.4, 0.5) is 17.1 Å². The molecule has 0 amide bonds. The van der Waals surface area contributed by atoms with Gasteiger partial charge in [-0.2, -0.15) is 0 Å². The molecule has 0 N–H and O–H groups in total. The van der Waals surface area contributed by atoms with Gasteiger partial charge >= 0.3 is 263 Å². The summed E-state index contributed by atoms with van der Waals surface area (Å²) < 4.78 is 5.08. The van der Waals surface area contributed by atoms with Gasteiger partial charge in [-0.1, -0.05) is 0 Å². The summed E-state index contributed by atoms with van der Waals surface area (Å²) in [5.41, 5.74) is 4.48. The minimum absolute atomic E-state index is 1.17. The number of para-hydroxylation sites is 3. The molecule has 0 spiro atoms. The molecule has 0 saturated heterocycles. The van der Waals surface area contributed by atoms with E-state index in [4.69, 9.17) is 0 Å². The van der Waals surface area contributed by atoms with E-state index < -0.39 is 44.0 Å². The fourth-order valence-corrected chi connectivity index (χ4v) is 22.1. The van der Waals surface area contributed by atoms with E-state index in [2.05, 4.69) is 119 Å². The van der Waals surface area contributed by atoms with Crippen molar-refractivity contribution in [2.45, 2.75) is 111 Å². The first-order valence-electron chi connectivity index (χ1n) is 16.0. The number of hydrogen-bond donors (Lipinski definition) is 0. The number of hydrogen-bond acceptors (Lipinski definition) is 1. The Morgan fingerprint density at radius 1 is 0.375 bits per heavy atom. The van der Waals surface area contributed by atoms with Gasteiger partial charge in [-0.05, 0) is 0 Å². The van der Waals surface area contributed by atoms with Crippen molar-refractivity contribution >= 4 is 74.1 Å². The van der Waals surface area contributed by atoms with Crippen molar-refractivity contribution in [1.29, 1.82) is 0 Å². The predicted molar refractivity (Wildman–Crippen MR) is 188 cm³/mol. The molecule has 0 aliphatic carbocycles. The van der Waals surface area contributed by atoms with Crippen LogP contribution < -0.4 is 18.0 Å². The van der Waals surface area contributed by atoms with Gasteiger partial charge in [0.1, 0.15) is 0 Å². The van der Waals surface area contributed by atoms with Gasteiger partial charge in [0.05, 0.1) is 0 Å². The van der Waals surface area contributed by atoms with E-state index in [1.165, 1.54) is 86.8 Å². The van der Waals surface area contributed by atoms with Gasteiger partial charge in [0.25, 0.3) is 0 Å². The second-order valence-electron chi connectivity index (χ2n) is 10.8. The van der Waals surface area contributed by atoms with Gasteiger partial charge in [-0.15, -0.1) is 0 Å². The first kappa shape index (κ1) is 33.6. The van der Waals surface area contributed by atoms with E-state index in [-0.39, 0.29) is 0 Å². The minimum atomic E-state index is -1.17. The maximum absolute atomic E-state index is 2.80. The summed E-state index contributed by atoms with van der Waals surface area (Å²) in [6.07, 6.45) is 7.79. The molecule has 4 heteroatoms. The SMILES string of the molecule is CCC[As](CCC)c1ccccc1N(c1ccccc1[As](CCC)CCC)c1ccccc1[As](CCC)CCC. The summed E-state index contributed by atoms with van der Waals surface area (Å²) in [4.78, 5) is 2.80. The normalized spacial score (nSPS) is 11.6. The van der Waals surface area contributed by atoms with Crippen molar-refractivity contribution in [2.24, 2.45) is 0 Å². The Balaban J connectivity index is 2.36. The van der Waals surface area contributed by atoms with Crippen molar-refractivity contribution in [3.63, 3.8) is 0 Å². The Labute approximate surface area is 261 Å². The maximum atomic E-state index is 2.80. The van der Waals surface area contributed by atoms with Gasteiger partial charge in [0.15, 0.2) is 0 Å². The second kappa shape index (κ2) is 18.6. The summed E-state index contributed by atoms with van der Waals surface area (Å²) in [5, 5.41) is 8.43. The monoisotopic (exact) mass is 725 g/mol. The summed E-state index contributed by atoms with van der Waals surface area (Å²) in [5.74, 6) is 0. The van der Waals surface area contributed by atoms with Gasteiger partial charge in [0.2, 0.25) is 0 Å². The van der Waals surface area contributed by atoms with Crippen LogP contribution in [0.5, 0.6) is 0 Å². The molecule has 1 nitrogen and oxygen atoms in total. The van der Waals surface area contributed by atoms with Gasteiger partial charge < -0.3 is 0 Å². The molecule has 0 aliphatic heterocycles. The third-order valence-corrected chi connectivity index (χ3v) is 26.4. The molecular formula is C36H54As3N. The average Bonchev–Trinajstić information content (AvgIpc) is 2.98. The van der Waals surface area contributed by atoms with Crippen molar-refractivity contribution in [3.8, 4) is 0 Å². The molecule has 0 atom stereocenters. The second-order valence-corrected chi connectivity index (χ2v) is 26.2. The van der Waals surface area contributed by atoms with Gasteiger partial charge in [0, 0.05) is 0 Å². The van der Waals surface area contributed by atoms with E-state index in [0.29, 0.717) is 0 Å². The van der Waals surface area contributed by atoms with Crippen molar-refractivity contribution < 1.29 is 0 Å². The van der Waals surface area contributed by atoms with Crippen molar-refractivity contribution in [3.05, 3.63) is 72.8 Å². The molecule has 3 rings (SSSR count). The quantitative estimate of drug-likeness (QED) is 0.118. The number of benzene rings is 3. The molecule has 0 fully saturated rings. The van der Waals surface area contributed by atoms with E-state index in [1.54, 1.807) is 13.1 Å². The van der Waals surface area contributed by atoms with Gasteiger partial charge in [-0.3, -0.25) is 0 Å². The molecule has 0 aromatic heterocycles. The Bertz CT molecular complexity index is 971. The average molecular weight is 726 g/mol. The predicted octanol–water partition coefficient (Wildman–Crippen LogP) is 9.72. The Morgan fingerprint density at radius 2 is 0.600 bits per heavy atom. The Kier molecular flexibility index (Phi) is 15.7. The third-order valence-electron chi connectivity index (χ3n) is 7.35. The summed E-state index contributed by atoms with van der Waals surface area (Å²) in [6, 6.07) is 28.9. The molecule has 218 valence electrons. The summed E-state index contributed by atoms with van der Waals surface area (Å²) in [6.45, 7) is 14.3. The Hall–Kier alpha value is -0.865. The third kappa shape index (κ3) is 8.82. The van der Waals surface area contributed by atoms with Gasteiger partial charge in [-0.25, -0.2) is 0 Å². The zero-order valence-corrected chi connectivity index (χ0v) is 31.8. The van der Waals surface area contributed by atoms with Crippen molar-refractivity contribution in [1.82, 2.24) is 0 Å². The zero-order valence-electron chi connectivity index (χ0n) is 26.2. The van der Waals surface area contributed by atoms with Crippen LogP contribution >= 0.6 is 0 Å². The van der Waals surface area contributed by atoms with Crippen LogP contribution in [0.15, 0.2) is 72.8 Å².